The molecule has 0 aliphatic rings. The molecule has 76 valence electrons. The Labute approximate surface area is 93.3 Å². The average Bonchev–Trinajstić information content (AvgIpc) is 2.26. The summed E-state index contributed by atoms with van der Waals surface area (Å²) in [4.78, 5) is 8.22. The SMILES string of the molecule is [N]c1nc(N=[N+]=[N-])c(C#N)c(N=[N+]=[N-])c1Cl. The molecule has 0 saturated carbocycles. The smallest absolute Gasteiger partial charge is 0.194 e. The molecule has 10 heteroatoms. The van der Waals surface area contributed by atoms with Gasteiger partial charge in [0.2, 0.25) is 0 Å². The molecule has 0 N–H and O–H groups in total. The Bertz CT molecular complexity index is 573. The zero-order valence-electron chi connectivity index (χ0n) is 7.40. The van der Waals surface area contributed by atoms with Gasteiger partial charge in [-0.15, -0.1) is 5.73 Å². The fraction of sp³-hybridized carbons (Fsp3) is 0. The molecule has 1 aromatic rings. The van der Waals surface area contributed by atoms with Gasteiger partial charge in [0, 0.05) is 9.82 Å². The number of halogens is 1. The normalized spacial score (nSPS) is 8.50. The minimum atomic E-state index is -0.689. The largest absolute Gasteiger partial charge is 0.223 e. The minimum Gasteiger partial charge on any atom is -0.223 e. The molecule has 16 heavy (non-hydrogen) atoms. The third-order valence-corrected chi connectivity index (χ3v) is 1.82. The van der Waals surface area contributed by atoms with Crippen molar-refractivity contribution >= 4 is 28.9 Å². The van der Waals surface area contributed by atoms with Crippen LogP contribution in [0.3, 0.4) is 0 Å². The first-order chi connectivity index (χ1) is 7.65. The quantitative estimate of drug-likeness (QED) is 0.436. The highest BCUT2D eigenvalue weighted by atomic mass is 35.5. The Hall–Kier alpha value is -2.65. The van der Waals surface area contributed by atoms with Crippen molar-refractivity contribution in [2.75, 3.05) is 0 Å². The summed E-state index contributed by atoms with van der Waals surface area (Å²) in [6.45, 7) is 0. The zero-order chi connectivity index (χ0) is 12.1. The van der Waals surface area contributed by atoms with E-state index in [1.807, 2.05) is 0 Å². The number of azide groups is 2. The summed E-state index contributed by atoms with van der Waals surface area (Å²) in [5.41, 5.74) is 25.1. The third-order valence-electron chi connectivity index (χ3n) is 1.47. The maximum atomic E-state index is 9.24. The first kappa shape index (κ1) is 11.4. The van der Waals surface area contributed by atoms with Crippen molar-refractivity contribution in [3.05, 3.63) is 31.5 Å². The van der Waals surface area contributed by atoms with Crippen LogP contribution in [0.4, 0.5) is 17.3 Å². The Kier molecular flexibility index (Phi) is 3.37. The van der Waals surface area contributed by atoms with Crippen LogP contribution in [0.25, 0.3) is 20.9 Å². The molecular weight excluding hydrogens is 234 g/mol. The number of aromatic nitrogens is 1. The molecule has 9 nitrogen and oxygen atoms in total. The van der Waals surface area contributed by atoms with E-state index in [9.17, 15) is 5.73 Å². The molecule has 0 spiro atoms. The van der Waals surface area contributed by atoms with Gasteiger partial charge >= 0.3 is 0 Å². The van der Waals surface area contributed by atoms with Gasteiger partial charge < -0.3 is 0 Å². The molecule has 0 bridgehead atoms. The van der Waals surface area contributed by atoms with Crippen LogP contribution in [0.1, 0.15) is 5.56 Å². The van der Waals surface area contributed by atoms with Gasteiger partial charge in [-0.25, -0.2) is 4.98 Å². The van der Waals surface area contributed by atoms with Crippen molar-refractivity contribution in [1.29, 1.82) is 5.26 Å². The van der Waals surface area contributed by atoms with Crippen LogP contribution in [0, 0.1) is 11.3 Å². The Balaban J connectivity index is 3.76. The molecule has 0 unspecified atom stereocenters. The standard InChI is InChI=1S/C6ClN9/c7-3-4(13-15-10)2(1-8)6(14-16-11)12-5(3)9. The lowest BCUT2D eigenvalue weighted by atomic mass is 10.2. The molecular formula is C6ClN9. The fourth-order valence-electron chi connectivity index (χ4n) is 0.883. The van der Waals surface area contributed by atoms with Crippen LogP contribution in [0.5, 0.6) is 0 Å². The van der Waals surface area contributed by atoms with Gasteiger partial charge in [0.1, 0.15) is 11.9 Å². The van der Waals surface area contributed by atoms with Gasteiger partial charge in [0.05, 0.1) is 16.3 Å². The lowest BCUT2D eigenvalue weighted by molar-refractivity contribution is 1.19. The molecule has 0 amide bonds. The average molecular weight is 234 g/mol. The lowest BCUT2D eigenvalue weighted by Gasteiger charge is -2.03. The molecule has 1 heterocycles. The molecule has 0 fully saturated rings. The zero-order valence-corrected chi connectivity index (χ0v) is 8.16. The van der Waals surface area contributed by atoms with Gasteiger partial charge in [-0.05, 0) is 16.2 Å². The van der Waals surface area contributed by atoms with E-state index in [-0.39, 0.29) is 16.3 Å². The highest BCUT2D eigenvalue weighted by molar-refractivity contribution is 6.35. The molecule has 0 atom stereocenters. The number of rotatable bonds is 2. The summed E-state index contributed by atoms with van der Waals surface area (Å²) in [5, 5.41) is 14.6. The minimum absolute atomic E-state index is 0.307. The van der Waals surface area contributed by atoms with Gasteiger partial charge in [0.15, 0.2) is 5.82 Å². The molecule has 0 aliphatic carbocycles. The predicted molar refractivity (Wildman–Crippen MR) is 53.4 cm³/mol. The van der Waals surface area contributed by atoms with Crippen molar-refractivity contribution in [3.8, 4) is 6.07 Å². The predicted octanol–water partition coefficient (Wildman–Crippen LogP) is 3.19. The Morgan fingerprint density at radius 1 is 1.31 bits per heavy atom. The van der Waals surface area contributed by atoms with Gasteiger partial charge in [-0.1, -0.05) is 16.7 Å². The summed E-state index contributed by atoms with van der Waals surface area (Å²) in [5.74, 6) is -1.10. The van der Waals surface area contributed by atoms with Crippen LogP contribution < -0.4 is 5.73 Å². The van der Waals surface area contributed by atoms with Crippen molar-refractivity contribution < 1.29 is 0 Å². The summed E-state index contributed by atoms with van der Waals surface area (Å²) >= 11 is 5.56. The van der Waals surface area contributed by atoms with Crippen molar-refractivity contribution in [2.24, 2.45) is 10.2 Å². The van der Waals surface area contributed by atoms with Crippen LogP contribution >= 0.6 is 11.6 Å². The number of nitriles is 1. The molecule has 0 saturated heterocycles. The van der Waals surface area contributed by atoms with E-state index in [0.717, 1.165) is 0 Å². The van der Waals surface area contributed by atoms with E-state index in [4.69, 9.17) is 27.9 Å². The number of nitrogens with zero attached hydrogens (tertiary/aromatic N) is 9. The molecule has 0 aromatic carbocycles. The second kappa shape index (κ2) is 4.72. The van der Waals surface area contributed by atoms with E-state index in [2.05, 4.69) is 25.0 Å². The van der Waals surface area contributed by atoms with E-state index >= 15 is 0 Å². The van der Waals surface area contributed by atoms with Crippen molar-refractivity contribution in [3.63, 3.8) is 0 Å². The highest BCUT2D eigenvalue weighted by Gasteiger charge is 2.16. The van der Waals surface area contributed by atoms with Crippen LogP contribution in [0.15, 0.2) is 10.2 Å². The summed E-state index contributed by atoms with van der Waals surface area (Å²) < 4.78 is 0. The van der Waals surface area contributed by atoms with Gasteiger partial charge in [-0.3, -0.25) is 0 Å². The van der Waals surface area contributed by atoms with Gasteiger partial charge in [-0.2, -0.15) is 5.26 Å². The summed E-state index contributed by atoms with van der Waals surface area (Å²) in [6, 6.07) is 1.61. The van der Waals surface area contributed by atoms with Crippen LogP contribution in [0.2, 0.25) is 5.02 Å². The first-order valence-electron chi connectivity index (χ1n) is 3.58. The molecule has 1 rings (SSSR count). The second-order valence-corrected chi connectivity index (χ2v) is 2.67. The summed E-state index contributed by atoms with van der Waals surface area (Å²) in [7, 11) is 0. The van der Waals surface area contributed by atoms with Crippen molar-refractivity contribution in [1.82, 2.24) is 10.7 Å². The van der Waals surface area contributed by atoms with E-state index < -0.39 is 11.6 Å². The Morgan fingerprint density at radius 3 is 2.44 bits per heavy atom. The first-order valence-corrected chi connectivity index (χ1v) is 3.96. The highest BCUT2D eigenvalue weighted by Crippen LogP contribution is 2.38. The van der Waals surface area contributed by atoms with Crippen molar-refractivity contribution in [2.45, 2.75) is 0 Å². The monoisotopic (exact) mass is 233 g/mol. The second-order valence-electron chi connectivity index (χ2n) is 2.29. The number of pyridine rings is 1. The maximum absolute atomic E-state index is 9.24. The number of hydrogen-bond donors (Lipinski definition) is 0. The summed E-state index contributed by atoms with van der Waals surface area (Å²) in [6.07, 6.45) is 0. The third kappa shape index (κ3) is 1.89. The van der Waals surface area contributed by atoms with E-state index in [1.54, 1.807) is 6.07 Å². The molecule has 2 radical (unpaired) electrons. The van der Waals surface area contributed by atoms with Crippen LogP contribution in [-0.2, 0) is 0 Å². The number of hydrogen-bond acceptors (Lipinski definition) is 4. The van der Waals surface area contributed by atoms with E-state index in [1.165, 1.54) is 0 Å². The molecule has 1 aromatic heterocycles. The van der Waals surface area contributed by atoms with Gasteiger partial charge in [0.25, 0.3) is 0 Å². The topological polar surface area (TPSA) is 157 Å². The Morgan fingerprint density at radius 2 is 1.94 bits per heavy atom. The van der Waals surface area contributed by atoms with E-state index in [0.29, 0.717) is 0 Å². The fourth-order valence-corrected chi connectivity index (χ4v) is 1.06. The lowest BCUT2D eigenvalue weighted by Crippen LogP contribution is -1.87. The van der Waals surface area contributed by atoms with Crippen LogP contribution in [-0.4, -0.2) is 4.98 Å². The maximum Gasteiger partial charge on any atom is 0.194 e. The molecule has 0 aliphatic heterocycles.